The molecule has 3 aromatic rings. The van der Waals surface area contributed by atoms with E-state index in [0.717, 1.165) is 28.0 Å². The molecule has 1 aliphatic heterocycles. The SMILES string of the molecule is CC(C)(C)c1ccc2c(c1)/C(=C/S(=O)(=O)c1ccccc1)c1ccccc1NC2. The van der Waals surface area contributed by atoms with Crippen molar-refractivity contribution < 1.29 is 8.42 Å². The van der Waals surface area contributed by atoms with Crippen LogP contribution in [-0.2, 0) is 21.8 Å². The molecule has 0 aromatic heterocycles. The van der Waals surface area contributed by atoms with Gasteiger partial charge in [0.1, 0.15) is 0 Å². The summed E-state index contributed by atoms with van der Waals surface area (Å²) < 4.78 is 26.4. The molecule has 4 rings (SSSR count). The topological polar surface area (TPSA) is 46.2 Å². The normalized spacial score (nSPS) is 15.2. The van der Waals surface area contributed by atoms with E-state index in [-0.39, 0.29) is 5.41 Å². The van der Waals surface area contributed by atoms with Crippen molar-refractivity contribution in [3.63, 3.8) is 0 Å². The molecular formula is C25H25NO2S. The molecule has 1 N–H and O–H groups in total. The van der Waals surface area contributed by atoms with Gasteiger partial charge < -0.3 is 5.32 Å². The fourth-order valence-electron chi connectivity index (χ4n) is 3.62. The van der Waals surface area contributed by atoms with Crippen LogP contribution in [0.3, 0.4) is 0 Å². The predicted octanol–water partition coefficient (Wildman–Crippen LogP) is 5.77. The molecule has 0 saturated heterocycles. The Kier molecular flexibility index (Phi) is 4.83. The van der Waals surface area contributed by atoms with Crippen molar-refractivity contribution in [2.45, 2.75) is 37.6 Å². The minimum atomic E-state index is -3.60. The quantitative estimate of drug-likeness (QED) is 0.591. The number of para-hydroxylation sites is 1. The second kappa shape index (κ2) is 7.20. The molecule has 0 unspecified atom stereocenters. The minimum absolute atomic E-state index is 0.0301. The molecule has 0 atom stereocenters. The van der Waals surface area contributed by atoms with E-state index in [4.69, 9.17) is 0 Å². The second-order valence-corrected chi connectivity index (χ2v) is 10.2. The number of hydrogen-bond acceptors (Lipinski definition) is 3. The molecule has 4 heteroatoms. The Bertz CT molecular complexity index is 1190. The lowest BCUT2D eigenvalue weighted by Crippen LogP contribution is -2.12. The van der Waals surface area contributed by atoms with E-state index in [9.17, 15) is 8.42 Å². The van der Waals surface area contributed by atoms with E-state index >= 15 is 0 Å². The van der Waals surface area contributed by atoms with Crippen LogP contribution >= 0.6 is 0 Å². The summed E-state index contributed by atoms with van der Waals surface area (Å²) in [5.74, 6) is 0. The van der Waals surface area contributed by atoms with E-state index in [1.54, 1.807) is 24.3 Å². The van der Waals surface area contributed by atoms with Gasteiger partial charge in [0.05, 0.1) is 4.90 Å². The number of hydrogen-bond donors (Lipinski definition) is 1. The van der Waals surface area contributed by atoms with Gasteiger partial charge in [0.15, 0.2) is 9.84 Å². The van der Waals surface area contributed by atoms with Crippen LogP contribution in [0.15, 0.2) is 83.1 Å². The highest BCUT2D eigenvalue weighted by molar-refractivity contribution is 7.94. The van der Waals surface area contributed by atoms with Crippen molar-refractivity contribution in [1.29, 1.82) is 0 Å². The lowest BCUT2D eigenvalue weighted by atomic mass is 9.83. The largest absolute Gasteiger partial charge is 0.380 e. The Labute approximate surface area is 173 Å². The van der Waals surface area contributed by atoms with Crippen LogP contribution in [-0.4, -0.2) is 8.42 Å². The van der Waals surface area contributed by atoms with E-state index in [0.29, 0.717) is 11.4 Å². The van der Waals surface area contributed by atoms with Crippen LogP contribution in [0.1, 0.15) is 43.0 Å². The first-order chi connectivity index (χ1) is 13.8. The van der Waals surface area contributed by atoms with Gasteiger partial charge in [-0.1, -0.05) is 75.4 Å². The molecule has 0 fully saturated rings. The summed E-state index contributed by atoms with van der Waals surface area (Å²) in [6.07, 6.45) is 0. The molecule has 29 heavy (non-hydrogen) atoms. The Morgan fingerprint density at radius 2 is 1.55 bits per heavy atom. The van der Waals surface area contributed by atoms with Crippen molar-refractivity contribution in [3.05, 3.63) is 100 Å². The Hall–Kier alpha value is -2.85. The van der Waals surface area contributed by atoms with E-state index in [2.05, 4.69) is 44.3 Å². The summed E-state index contributed by atoms with van der Waals surface area (Å²) in [5.41, 5.74) is 5.78. The third kappa shape index (κ3) is 3.85. The highest BCUT2D eigenvalue weighted by Gasteiger charge is 2.23. The average Bonchev–Trinajstić information content (AvgIpc) is 2.85. The smallest absolute Gasteiger partial charge is 0.200 e. The lowest BCUT2D eigenvalue weighted by Gasteiger charge is -2.21. The monoisotopic (exact) mass is 403 g/mol. The van der Waals surface area contributed by atoms with E-state index in [1.165, 1.54) is 11.0 Å². The Balaban J connectivity index is 1.99. The van der Waals surface area contributed by atoms with E-state index < -0.39 is 9.84 Å². The number of rotatable bonds is 2. The van der Waals surface area contributed by atoms with Gasteiger partial charge >= 0.3 is 0 Å². The van der Waals surface area contributed by atoms with Crippen molar-refractivity contribution in [3.8, 4) is 0 Å². The zero-order valence-corrected chi connectivity index (χ0v) is 17.8. The summed E-state index contributed by atoms with van der Waals surface area (Å²) in [6.45, 7) is 7.16. The van der Waals surface area contributed by atoms with Crippen LogP contribution in [0, 0.1) is 0 Å². The minimum Gasteiger partial charge on any atom is -0.380 e. The third-order valence-corrected chi connectivity index (χ3v) is 6.77. The number of benzene rings is 3. The molecule has 1 aliphatic rings. The van der Waals surface area contributed by atoms with Gasteiger partial charge in [0.2, 0.25) is 0 Å². The lowest BCUT2D eigenvalue weighted by molar-refractivity contribution is 0.590. The first-order valence-corrected chi connectivity index (χ1v) is 11.3. The van der Waals surface area contributed by atoms with Crippen molar-refractivity contribution >= 4 is 21.1 Å². The summed E-state index contributed by atoms with van der Waals surface area (Å²) in [4.78, 5) is 0.302. The van der Waals surface area contributed by atoms with Gasteiger partial charge in [0.25, 0.3) is 0 Å². The van der Waals surface area contributed by atoms with Gasteiger partial charge in [-0.3, -0.25) is 0 Å². The number of sulfone groups is 1. The Morgan fingerprint density at radius 1 is 0.862 bits per heavy atom. The van der Waals surface area contributed by atoms with Gasteiger partial charge in [0, 0.05) is 28.8 Å². The molecule has 0 aliphatic carbocycles. The van der Waals surface area contributed by atoms with Crippen molar-refractivity contribution in [2.75, 3.05) is 5.32 Å². The van der Waals surface area contributed by atoms with Crippen LogP contribution in [0.5, 0.6) is 0 Å². The zero-order valence-electron chi connectivity index (χ0n) is 16.9. The number of fused-ring (bicyclic) bond motifs is 2. The summed E-state index contributed by atoms with van der Waals surface area (Å²) >= 11 is 0. The second-order valence-electron chi connectivity index (χ2n) is 8.41. The van der Waals surface area contributed by atoms with E-state index in [1.807, 2.05) is 30.3 Å². The molecule has 3 aromatic carbocycles. The molecular weight excluding hydrogens is 378 g/mol. The van der Waals surface area contributed by atoms with Crippen molar-refractivity contribution in [1.82, 2.24) is 0 Å². The molecule has 3 nitrogen and oxygen atoms in total. The Morgan fingerprint density at radius 3 is 2.28 bits per heavy atom. The van der Waals surface area contributed by atoms with Gasteiger partial charge in [-0.05, 0) is 40.3 Å². The maximum atomic E-state index is 13.2. The van der Waals surface area contributed by atoms with Crippen molar-refractivity contribution in [2.24, 2.45) is 0 Å². The first-order valence-electron chi connectivity index (χ1n) is 9.75. The van der Waals surface area contributed by atoms with Gasteiger partial charge in [-0.2, -0.15) is 0 Å². The van der Waals surface area contributed by atoms with Gasteiger partial charge in [-0.15, -0.1) is 0 Å². The van der Waals surface area contributed by atoms with Crippen LogP contribution in [0.25, 0.3) is 5.57 Å². The molecule has 0 amide bonds. The molecule has 0 bridgehead atoms. The maximum Gasteiger partial charge on any atom is 0.200 e. The summed E-state index contributed by atoms with van der Waals surface area (Å²) in [6, 6.07) is 22.9. The molecule has 0 saturated carbocycles. The van der Waals surface area contributed by atoms with Crippen LogP contribution in [0.2, 0.25) is 0 Å². The molecule has 148 valence electrons. The highest BCUT2D eigenvalue weighted by atomic mass is 32.2. The van der Waals surface area contributed by atoms with Crippen LogP contribution < -0.4 is 5.32 Å². The molecule has 1 heterocycles. The fourth-order valence-corrected chi connectivity index (χ4v) is 4.85. The first kappa shape index (κ1) is 19.5. The van der Waals surface area contributed by atoms with Gasteiger partial charge in [-0.25, -0.2) is 8.42 Å². The molecule has 0 spiro atoms. The third-order valence-electron chi connectivity index (χ3n) is 5.30. The maximum absolute atomic E-state index is 13.2. The average molecular weight is 404 g/mol. The number of anilines is 1. The van der Waals surface area contributed by atoms with Crippen LogP contribution in [0.4, 0.5) is 5.69 Å². The highest BCUT2D eigenvalue weighted by Crippen LogP contribution is 2.38. The fraction of sp³-hybridized carbons (Fsp3) is 0.200. The molecule has 0 radical (unpaired) electrons. The number of nitrogens with one attached hydrogen (secondary N) is 1. The standard InChI is InChI=1S/C25H25NO2S/c1-25(2,3)19-14-13-18-16-26-24-12-8-7-11-21(24)23(22(18)15-19)17-29(27,28)20-9-5-4-6-10-20/h4-15,17,26H,16H2,1-3H3/b23-17+. The predicted molar refractivity (Wildman–Crippen MR) is 120 cm³/mol. The summed E-state index contributed by atoms with van der Waals surface area (Å²) in [5, 5.41) is 4.89. The zero-order chi connectivity index (χ0) is 20.6. The summed E-state index contributed by atoms with van der Waals surface area (Å²) in [7, 11) is -3.60.